The maximum atomic E-state index is 11.8. The van der Waals surface area contributed by atoms with Gasteiger partial charge in [0.25, 0.3) is 0 Å². The average molecular weight is 265 g/mol. The van der Waals surface area contributed by atoms with E-state index in [1.807, 2.05) is 17.5 Å². The largest absolute Gasteiger partial charge is 0.390 e. The van der Waals surface area contributed by atoms with Gasteiger partial charge in [0, 0.05) is 11.4 Å². The first-order valence-electron chi connectivity index (χ1n) is 5.10. The first kappa shape index (κ1) is 13.8. The van der Waals surface area contributed by atoms with Crippen molar-refractivity contribution >= 4 is 17.3 Å². The third-order valence-corrected chi connectivity index (χ3v) is 2.87. The number of rotatable bonds is 5. The van der Waals surface area contributed by atoms with E-state index in [4.69, 9.17) is 5.73 Å². The second-order valence-corrected chi connectivity index (χ2v) is 4.42. The molecule has 0 atom stereocenters. The number of aliphatic imine (C=N–C) groups is 1. The minimum atomic E-state index is -4.18. The van der Waals surface area contributed by atoms with Crippen LogP contribution in [0.25, 0.3) is 0 Å². The monoisotopic (exact) mass is 265 g/mol. The maximum Gasteiger partial charge on any atom is 0.390 e. The van der Waals surface area contributed by atoms with Gasteiger partial charge < -0.3 is 11.1 Å². The minimum Gasteiger partial charge on any atom is -0.370 e. The Bertz CT molecular complexity index is 346. The number of halogens is 3. The molecule has 0 bridgehead atoms. The van der Waals surface area contributed by atoms with Crippen molar-refractivity contribution in [2.75, 3.05) is 13.1 Å². The Balaban J connectivity index is 2.16. The third kappa shape index (κ3) is 6.83. The fourth-order valence-corrected chi connectivity index (χ4v) is 1.84. The number of hydrogen-bond acceptors (Lipinski definition) is 2. The van der Waals surface area contributed by atoms with Crippen molar-refractivity contribution < 1.29 is 13.2 Å². The Morgan fingerprint density at radius 3 is 2.82 bits per heavy atom. The van der Waals surface area contributed by atoms with E-state index in [2.05, 4.69) is 10.3 Å². The van der Waals surface area contributed by atoms with Crippen LogP contribution in [0.4, 0.5) is 13.2 Å². The van der Waals surface area contributed by atoms with E-state index in [1.54, 1.807) is 11.3 Å². The Hall–Kier alpha value is -1.24. The zero-order chi connectivity index (χ0) is 12.7. The van der Waals surface area contributed by atoms with Crippen LogP contribution in [0.2, 0.25) is 0 Å². The van der Waals surface area contributed by atoms with Crippen molar-refractivity contribution in [3.05, 3.63) is 22.4 Å². The molecule has 0 saturated carbocycles. The molecular weight excluding hydrogens is 251 g/mol. The van der Waals surface area contributed by atoms with Crippen LogP contribution < -0.4 is 11.1 Å². The summed E-state index contributed by atoms with van der Waals surface area (Å²) in [4.78, 5) is 4.79. The van der Waals surface area contributed by atoms with E-state index in [9.17, 15) is 13.2 Å². The normalized spacial score (nSPS) is 12.8. The van der Waals surface area contributed by atoms with E-state index >= 15 is 0 Å². The summed E-state index contributed by atoms with van der Waals surface area (Å²) in [5.41, 5.74) is 5.42. The number of alkyl halides is 3. The van der Waals surface area contributed by atoms with E-state index in [0.29, 0.717) is 6.54 Å². The average Bonchev–Trinajstić information content (AvgIpc) is 2.68. The molecule has 0 radical (unpaired) electrons. The summed E-state index contributed by atoms with van der Waals surface area (Å²) >= 11 is 1.63. The van der Waals surface area contributed by atoms with Gasteiger partial charge >= 0.3 is 6.18 Å². The maximum absolute atomic E-state index is 11.8. The van der Waals surface area contributed by atoms with Gasteiger partial charge in [0.1, 0.15) is 0 Å². The Morgan fingerprint density at radius 2 is 2.24 bits per heavy atom. The van der Waals surface area contributed by atoms with Gasteiger partial charge in [-0.3, -0.25) is 4.99 Å². The van der Waals surface area contributed by atoms with Gasteiger partial charge in [-0.05, 0) is 17.9 Å². The standard InChI is InChI=1S/C10H14F3N3S/c11-10(12,13)4-6-16-9(14)15-5-3-8-2-1-7-17-8/h1-2,7H,3-6H2,(H3,14,15,16). The van der Waals surface area contributed by atoms with Gasteiger partial charge in [0.2, 0.25) is 0 Å². The second kappa shape index (κ2) is 6.48. The van der Waals surface area contributed by atoms with E-state index < -0.39 is 12.6 Å². The first-order valence-corrected chi connectivity index (χ1v) is 5.98. The van der Waals surface area contributed by atoms with Crippen LogP contribution in [0, 0.1) is 0 Å². The van der Waals surface area contributed by atoms with Gasteiger partial charge in [0.05, 0.1) is 13.0 Å². The van der Waals surface area contributed by atoms with Crippen LogP contribution in [-0.4, -0.2) is 25.2 Å². The molecule has 1 rings (SSSR count). The smallest absolute Gasteiger partial charge is 0.370 e. The lowest BCUT2D eigenvalue weighted by Crippen LogP contribution is -2.33. The molecule has 1 heterocycles. The molecule has 3 nitrogen and oxygen atoms in total. The zero-order valence-electron chi connectivity index (χ0n) is 9.13. The molecule has 0 saturated heterocycles. The lowest BCUT2D eigenvalue weighted by atomic mass is 10.3. The van der Waals surface area contributed by atoms with Crippen molar-refractivity contribution in [2.45, 2.75) is 19.0 Å². The molecule has 0 amide bonds. The number of guanidine groups is 1. The Morgan fingerprint density at radius 1 is 1.47 bits per heavy atom. The molecule has 3 N–H and O–H groups in total. The topological polar surface area (TPSA) is 50.4 Å². The fraction of sp³-hybridized carbons (Fsp3) is 0.500. The predicted octanol–water partition coefficient (Wildman–Crippen LogP) is 2.15. The Kier molecular flexibility index (Phi) is 5.27. The van der Waals surface area contributed by atoms with Gasteiger partial charge in [-0.15, -0.1) is 11.3 Å². The molecular formula is C10H14F3N3S. The highest BCUT2D eigenvalue weighted by Crippen LogP contribution is 2.18. The molecule has 0 aliphatic rings. The number of thiophene rings is 1. The van der Waals surface area contributed by atoms with E-state index in [0.717, 1.165) is 6.42 Å². The van der Waals surface area contributed by atoms with Gasteiger partial charge in [-0.2, -0.15) is 13.2 Å². The number of nitrogens with one attached hydrogen (secondary N) is 1. The van der Waals surface area contributed by atoms with Crippen LogP contribution in [0.1, 0.15) is 11.3 Å². The van der Waals surface area contributed by atoms with Crippen LogP contribution in [0.5, 0.6) is 0 Å². The van der Waals surface area contributed by atoms with Crippen molar-refractivity contribution in [1.29, 1.82) is 0 Å². The summed E-state index contributed by atoms with van der Waals surface area (Å²) in [7, 11) is 0. The lowest BCUT2D eigenvalue weighted by molar-refractivity contribution is -0.132. The van der Waals surface area contributed by atoms with Crippen molar-refractivity contribution in [3.63, 3.8) is 0 Å². The molecule has 7 heteroatoms. The second-order valence-electron chi connectivity index (χ2n) is 3.39. The van der Waals surface area contributed by atoms with Crippen LogP contribution >= 0.6 is 11.3 Å². The van der Waals surface area contributed by atoms with E-state index in [-0.39, 0.29) is 12.5 Å². The molecule has 0 aliphatic carbocycles. The number of hydrogen-bond donors (Lipinski definition) is 2. The molecule has 1 aromatic heterocycles. The van der Waals surface area contributed by atoms with Gasteiger partial charge in [-0.1, -0.05) is 6.07 Å². The first-order chi connectivity index (χ1) is 7.97. The molecule has 17 heavy (non-hydrogen) atoms. The Labute approximate surface area is 102 Å². The molecule has 0 spiro atoms. The van der Waals surface area contributed by atoms with Gasteiger partial charge in [-0.25, -0.2) is 0 Å². The summed E-state index contributed by atoms with van der Waals surface area (Å²) < 4.78 is 35.4. The molecule has 0 aliphatic heterocycles. The highest BCUT2D eigenvalue weighted by molar-refractivity contribution is 7.09. The fourth-order valence-electron chi connectivity index (χ4n) is 1.13. The third-order valence-electron chi connectivity index (χ3n) is 1.94. The quantitative estimate of drug-likeness (QED) is 0.633. The van der Waals surface area contributed by atoms with E-state index in [1.165, 1.54) is 4.88 Å². The lowest BCUT2D eigenvalue weighted by Gasteiger charge is -2.06. The number of nitrogens with two attached hydrogens (primary N) is 1. The summed E-state index contributed by atoms with van der Waals surface area (Å²) in [5.74, 6) is 0.0609. The van der Waals surface area contributed by atoms with Crippen molar-refractivity contribution in [2.24, 2.45) is 10.7 Å². The molecule has 0 fully saturated rings. The highest BCUT2D eigenvalue weighted by atomic mass is 32.1. The van der Waals surface area contributed by atoms with Crippen molar-refractivity contribution in [3.8, 4) is 0 Å². The highest BCUT2D eigenvalue weighted by Gasteiger charge is 2.25. The molecule has 0 unspecified atom stereocenters. The SMILES string of the molecule is NC(=NCCC(F)(F)F)NCCc1cccs1. The summed E-state index contributed by atoms with van der Waals surface area (Å²) in [5, 5.41) is 4.74. The molecule has 0 aromatic carbocycles. The summed E-state index contributed by atoms with van der Waals surface area (Å²) in [6.45, 7) is 0.239. The van der Waals surface area contributed by atoms with Crippen LogP contribution in [0.3, 0.4) is 0 Å². The molecule has 96 valence electrons. The van der Waals surface area contributed by atoms with Crippen LogP contribution in [-0.2, 0) is 6.42 Å². The number of nitrogens with zero attached hydrogens (tertiary/aromatic N) is 1. The van der Waals surface area contributed by atoms with Crippen LogP contribution in [0.15, 0.2) is 22.5 Å². The predicted molar refractivity (Wildman–Crippen MR) is 63.2 cm³/mol. The minimum absolute atomic E-state index is 0.0609. The van der Waals surface area contributed by atoms with Gasteiger partial charge in [0.15, 0.2) is 5.96 Å². The van der Waals surface area contributed by atoms with Crippen molar-refractivity contribution in [1.82, 2.24) is 5.32 Å². The summed E-state index contributed by atoms with van der Waals surface area (Å²) in [6.07, 6.45) is -4.34. The molecule has 1 aromatic rings. The zero-order valence-corrected chi connectivity index (χ0v) is 9.94. The summed E-state index contributed by atoms with van der Waals surface area (Å²) in [6, 6.07) is 3.93.